The fraction of sp³-hybridized carbons (Fsp3) is 0.533. The van der Waals surface area contributed by atoms with Gasteiger partial charge in [0.05, 0.1) is 11.0 Å². The highest BCUT2D eigenvalue weighted by molar-refractivity contribution is 5.75. The molecule has 0 aliphatic heterocycles. The fourth-order valence-corrected chi connectivity index (χ4v) is 2.21. The molecule has 0 saturated heterocycles. The van der Waals surface area contributed by atoms with Crippen molar-refractivity contribution in [3.05, 3.63) is 30.1 Å². The average Bonchev–Trinajstić information content (AvgIpc) is 2.71. The van der Waals surface area contributed by atoms with Crippen molar-refractivity contribution in [2.75, 3.05) is 6.54 Å². The zero-order valence-electron chi connectivity index (χ0n) is 11.4. The summed E-state index contributed by atoms with van der Waals surface area (Å²) >= 11 is 0. The molecule has 0 fully saturated rings. The molecule has 0 aliphatic rings. The smallest absolute Gasteiger partial charge is 0.109 e. The molecule has 0 unspecified atom stereocenters. The second kappa shape index (κ2) is 6.01. The lowest BCUT2D eigenvalue weighted by atomic mass is 10.1. The third-order valence-corrected chi connectivity index (χ3v) is 3.27. The first-order chi connectivity index (χ1) is 8.72. The molecule has 0 spiro atoms. The van der Waals surface area contributed by atoms with E-state index in [9.17, 15) is 0 Å². The van der Waals surface area contributed by atoms with Gasteiger partial charge in [-0.2, -0.15) is 0 Å². The molecule has 1 aromatic carbocycles. The molecule has 1 aromatic heterocycles. The lowest BCUT2D eigenvalue weighted by Crippen LogP contribution is -2.08. The number of para-hydroxylation sites is 2. The van der Waals surface area contributed by atoms with Gasteiger partial charge in [0.1, 0.15) is 5.82 Å². The lowest BCUT2D eigenvalue weighted by Gasteiger charge is -2.10. The maximum Gasteiger partial charge on any atom is 0.109 e. The molecule has 18 heavy (non-hydrogen) atoms. The van der Waals surface area contributed by atoms with Crippen LogP contribution in [0.3, 0.4) is 0 Å². The topological polar surface area (TPSA) is 43.8 Å². The van der Waals surface area contributed by atoms with Gasteiger partial charge in [0.2, 0.25) is 0 Å². The van der Waals surface area contributed by atoms with Gasteiger partial charge in [0.15, 0.2) is 0 Å². The van der Waals surface area contributed by atoms with Crippen LogP contribution in [0.4, 0.5) is 0 Å². The van der Waals surface area contributed by atoms with E-state index in [2.05, 4.69) is 42.7 Å². The van der Waals surface area contributed by atoms with Gasteiger partial charge in [0, 0.05) is 13.0 Å². The number of aryl methyl sites for hydroxylation is 2. The summed E-state index contributed by atoms with van der Waals surface area (Å²) in [6.07, 6.45) is 3.17. The normalized spacial score (nSPS) is 11.6. The number of nitrogens with zero attached hydrogens (tertiary/aromatic N) is 2. The molecule has 0 amide bonds. The van der Waals surface area contributed by atoms with Gasteiger partial charge >= 0.3 is 0 Å². The van der Waals surface area contributed by atoms with Crippen molar-refractivity contribution in [2.24, 2.45) is 11.7 Å². The zero-order valence-corrected chi connectivity index (χ0v) is 11.4. The predicted molar refractivity (Wildman–Crippen MR) is 76.6 cm³/mol. The highest BCUT2D eigenvalue weighted by atomic mass is 15.1. The standard InChI is InChI=1S/C15H23N3/c1-12(2)9-11-18-14-7-4-3-6-13(14)17-15(18)8-5-10-16/h3-4,6-7,12H,5,8-11,16H2,1-2H3. The number of benzene rings is 1. The Morgan fingerprint density at radius 3 is 2.78 bits per heavy atom. The molecule has 1 heterocycles. The van der Waals surface area contributed by atoms with Crippen molar-refractivity contribution >= 4 is 11.0 Å². The van der Waals surface area contributed by atoms with E-state index in [-0.39, 0.29) is 0 Å². The number of rotatable bonds is 6. The predicted octanol–water partition coefficient (Wildman–Crippen LogP) is 2.97. The number of aromatic nitrogens is 2. The molecule has 3 nitrogen and oxygen atoms in total. The van der Waals surface area contributed by atoms with Crippen LogP contribution in [0.1, 0.15) is 32.5 Å². The number of fused-ring (bicyclic) bond motifs is 1. The largest absolute Gasteiger partial charge is 0.330 e. The molecule has 0 atom stereocenters. The van der Waals surface area contributed by atoms with Crippen LogP contribution >= 0.6 is 0 Å². The summed E-state index contributed by atoms with van der Waals surface area (Å²) in [7, 11) is 0. The molecular formula is C15H23N3. The van der Waals surface area contributed by atoms with Gasteiger partial charge in [-0.15, -0.1) is 0 Å². The second-order valence-electron chi connectivity index (χ2n) is 5.24. The Kier molecular flexibility index (Phi) is 4.37. The Labute approximate surface area is 109 Å². The van der Waals surface area contributed by atoms with Crippen molar-refractivity contribution in [3.8, 4) is 0 Å². The van der Waals surface area contributed by atoms with Crippen LogP contribution in [0, 0.1) is 5.92 Å². The fourth-order valence-electron chi connectivity index (χ4n) is 2.21. The molecule has 2 aromatic rings. The van der Waals surface area contributed by atoms with Crippen LogP contribution in [0.15, 0.2) is 24.3 Å². The third kappa shape index (κ3) is 2.91. The first kappa shape index (κ1) is 13.1. The Bertz CT molecular complexity index is 499. The minimum absolute atomic E-state index is 0.716. The molecule has 98 valence electrons. The Morgan fingerprint density at radius 2 is 2.06 bits per heavy atom. The number of imidazole rings is 1. The van der Waals surface area contributed by atoms with Gasteiger partial charge in [-0.05, 0) is 37.4 Å². The summed E-state index contributed by atoms with van der Waals surface area (Å²) in [6, 6.07) is 8.39. The van der Waals surface area contributed by atoms with E-state index in [4.69, 9.17) is 10.7 Å². The van der Waals surface area contributed by atoms with Crippen molar-refractivity contribution in [3.63, 3.8) is 0 Å². The second-order valence-corrected chi connectivity index (χ2v) is 5.24. The van der Waals surface area contributed by atoms with Crippen LogP contribution in [0.2, 0.25) is 0 Å². The maximum absolute atomic E-state index is 5.61. The van der Waals surface area contributed by atoms with Crippen LogP contribution in [-0.2, 0) is 13.0 Å². The Morgan fingerprint density at radius 1 is 1.28 bits per heavy atom. The Balaban J connectivity index is 2.31. The van der Waals surface area contributed by atoms with E-state index in [0.29, 0.717) is 5.92 Å². The van der Waals surface area contributed by atoms with Crippen molar-refractivity contribution in [1.82, 2.24) is 9.55 Å². The van der Waals surface area contributed by atoms with E-state index in [0.717, 1.165) is 31.4 Å². The van der Waals surface area contributed by atoms with Gasteiger partial charge in [-0.25, -0.2) is 4.98 Å². The molecule has 2 N–H and O–H groups in total. The summed E-state index contributed by atoms with van der Waals surface area (Å²) in [5.41, 5.74) is 7.97. The van der Waals surface area contributed by atoms with E-state index < -0.39 is 0 Å². The minimum atomic E-state index is 0.716. The average molecular weight is 245 g/mol. The van der Waals surface area contributed by atoms with Gasteiger partial charge in [0.25, 0.3) is 0 Å². The van der Waals surface area contributed by atoms with Crippen LogP contribution in [0.5, 0.6) is 0 Å². The zero-order chi connectivity index (χ0) is 13.0. The van der Waals surface area contributed by atoms with E-state index in [1.807, 2.05) is 0 Å². The highest BCUT2D eigenvalue weighted by Crippen LogP contribution is 2.18. The molecule has 0 saturated carbocycles. The summed E-state index contributed by atoms with van der Waals surface area (Å²) in [4.78, 5) is 4.74. The minimum Gasteiger partial charge on any atom is -0.330 e. The number of hydrogen-bond donors (Lipinski definition) is 1. The van der Waals surface area contributed by atoms with Gasteiger partial charge < -0.3 is 10.3 Å². The first-order valence-corrected chi connectivity index (χ1v) is 6.86. The summed E-state index contributed by atoms with van der Waals surface area (Å²) in [5.74, 6) is 1.90. The molecular weight excluding hydrogens is 222 g/mol. The van der Waals surface area contributed by atoms with Gasteiger partial charge in [-0.3, -0.25) is 0 Å². The monoisotopic (exact) mass is 245 g/mol. The molecule has 0 aliphatic carbocycles. The van der Waals surface area contributed by atoms with Crippen molar-refractivity contribution < 1.29 is 0 Å². The highest BCUT2D eigenvalue weighted by Gasteiger charge is 2.10. The van der Waals surface area contributed by atoms with Crippen molar-refractivity contribution in [2.45, 2.75) is 39.7 Å². The van der Waals surface area contributed by atoms with Crippen LogP contribution in [0.25, 0.3) is 11.0 Å². The van der Waals surface area contributed by atoms with E-state index in [1.165, 1.54) is 17.8 Å². The molecule has 0 bridgehead atoms. The quantitative estimate of drug-likeness (QED) is 0.850. The third-order valence-electron chi connectivity index (χ3n) is 3.27. The van der Waals surface area contributed by atoms with Crippen LogP contribution < -0.4 is 5.73 Å². The van der Waals surface area contributed by atoms with Crippen molar-refractivity contribution in [1.29, 1.82) is 0 Å². The summed E-state index contributed by atoms with van der Waals surface area (Å²) < 4.78 is 2.37. The molecule has 3 heteroatoms. The summed E-state index contributed by atoms with van der Waals surface area (Å²) in [5, 5.41) is 0. The lowest BCUT2D eigenvalue weighted by molar-refractivity contribution is 0.510. The molecule has 2 rings (SSSR count). The van der Waals surface area contributed by atoms with Crippen LogP contribution in [-0.4, -0.2) is 16.1 Å². The van der Waals surface area contributed by atoms with E-state index >= 15 is 0 Å². The SMILES string of the molecule is CC(C)CCn1c(CCCN)nc2ccccc21. The van der Waals surface area contributed by atoms with E-state index in [1.54, 1.807) is 0 Å². The maximum atomic E-state index is 5.61. The molecule has 0 radical (unpaired) electrons. The Hall–Kier alpha value is -1.35. The number of hydrogen-bond acceptors (Lipinski definition) is 2. The van der Waals surface area contributed by atoms with Gasteiger partial charge in [-0.1, -0.05) is 26.0 Å². The summed E-state index contributed by atoms with van der Waals surface area (Å²) in [6.45, 7) is 6.31. The number of nitrogens with two attached hydrogens (primary N) is 1. The first-order valence-electron chi connectivity index (χ1n) is 6.86.